The molecule has 2 aromatic rings. The third kappa shape index (κ3) is 7.92. The van der Waals surface area contributed by atoms with Crippen LogP contribution in [0.25, 0.3) is 0 Å². The fraction of sp³-hybridized carbons (Fsp3) is 0.429. The van der Waals surface area contributed by atoms with Crippen LogP contribution in [0.4, 0.5) is 32.0 Å². The number of carbonyl (C=O) groups is 3. The number of ketones is 1. The van der Waals surface area contributed by atoms with E-state index < -0.39 is 73.6 Å². The zero-order chi connectivity index (χ0) is 29.7. The summed E-state index contributed by atoms with van der Waals surface area (Å²) in [5.74, 6) is -6.00. The Hall–Kier alpha value is -3.70. The van der Waals surface area contributed by atoms with E-state index in [4.69, 9.17) is 0 Å². The number of hydrogen-bond acceptors (Lipinski definition) is 4. The minimum absolute atomic E-state index is 0.269. The zero-order valence-corrected chi connectivity index (χ0v) is 21.9. The number of benzene rings is 2. The van der Waals surface area contributed by atoms with Crippen molar-refractivity contribution in [2.45, 2.75) is 57.5 Å². The SMILES string of the molecule is CCC(=O)[C@@H](CCC(F)(F)F)[C@@H](CCC(F)(F)F)C(=O)N[C@H]1N=C(c2ccccc2)c2ccccc2N(C)C1=O. The van der Waals surface area contributed by atoms with Gasteiger partial charge in [-0.05, 0) is 18.9 Å². The number of rotatable bonds is 10. The number of para-hydroxylation sites is 1. The largest absolute Gasteiger partial charge is 0.389 e. The molecule has 12 heteroatoms. The third-order valence-electron chi connectivity index (χ3n) is 6.73. The van der Waals surface area contributed by atoms with Gasteiger partial charge in [0, 0.05) is 49.3 Å². The number of amides is 2. The van der Waals surface area contributed by atoms with Gasteiger partial charge in [-0.15, -0.1) is 0 Å². The summed E-state index contributed by atoms with van der Waals surface area (Å²) >= 11 is 0. The Kier molecular flexibility index (Phi) is 9.75. The lowest BCUT2D eigenvalue weighted by Gasteiger charge is -2.28. The quantitative estimate of drug-likeness (QED) is 0.366. The van der Waals surface area contributed by atoms with E-state index in [-0.39, 0.29) is 6.42 Å². The van der Waals surface area contributed by atoms with Gasteiger partial charge in [0.15, 0.2) is 0 Å². The summed E-state index contributed by atoms with van der Waals surface area (Å²) in [7, 11) is 1.44. The molecule has 0 unspecified atom stereocenters. The molecule has 0 aromatic heterocycles. The van der Waals surface area contributed by atoms with Crippen molar-refractivity contribution in [3.05, 3.63) is 65.7 Å². The summed E-state index contributed by atoms with van der Waals surface area (Å²) < 4.78 is 78.4. The molecule has 1 N–H and O–H groups in total. The van der Waals surface area contributed by atoms with Gasteiger partial charge in [0.1, 0.15) is 5.78 Å². The van der Waals surface area contributed by atoms with Gasteiger partial charge in [0.05, 0.1) is 11.4 Å². The number of likely N-dealkylation sites (N-methyl/N-ethyl adjacent to an activating group) is 1. The van der Waals surface area contributed by atoms with Crippen LogP contribution in [0.15, 0.2) is 59.6 Å². The van der Waals surface area contributed by atoms with E-state index in [2.05, 4.69) is 10.3 Å². The average Bonchev–Trinajstić information content (AvgIpc) is 3.00. The fourth-order valence-electron chi connectivity index (χ4n) is 4.69. The number of anilines is 1. The molecule has 1 aliphatic heterocycles. The number of alkyl halides is 6. The summed E-state index contributed by atoms with van der Waals surface area (Å²) in [5, 5.41) is 2.35. The van der Waals surface area contributed by atoms with Crippen LogP contribution < -0.4 is 10.2 Å². The standard InChI is InChI=1S/C28H29F6N3O3/c1-3-22(38)18(13-15-27(29,30)31)19(14-16-28(32,33)34)25(39)36-24-26(40)37(2)21-12-8-7-11-20(21)23(35-24)17-9-5-4-6-10-17/h4-12,18-19,24H,3,13-16H2,1-2H3,(H,36,39)/t18-,19+,24+/m0/s1. The second-order valence-electron chi connectivity index (χ2n) is 9.51. The zero-order valence-electron chi connectivity index (χ0n) is 21.9. The molecule has 0 saturated carbocycles. The van der Waals surface area contributed by atoms with Crippen molar-refractivity contribution in [3.8, 4) is 0 Å². The normalized spacial score (nSPS) is 17.4. The highest BCUT2D eigenvalue weighted by Gasteiger charge is 2.41. The summed E-state index contributed by atoms with van der Waals surface area (Å²) in [4.78, 5) is 45.2. The van der Waals surface area contributed by atoms with Crippen molar-refractivity contribution < 1.29 is 40.7 Å². The first-order valence-electron chi connectivity index (χ1n) is 12.7. The van der Waals surface area contributed by atoms with Gasteiger partial charge in [-0.3, -0.25) is 14.4 Å². The number of hydrogen-bond donors (Lipinski definition) is 1. The van der Waals surface area contributed by atoms with Crippen LogP contribution in [0.3, 0.4) is 0 Å². The van der Waals surface area contributed by atoms with Gasteiger partial charge >= 0.3 is 12.4 Å². The van der Waals surface area contributed by atoms with Crippen LogP contribution >= 0.6 is 0 Å². The predicted octanol–water partition coefficient (Wildman–Crippen LogP) is 5.84. The number of benzodiazepines with no additional fused rings is 1. The van der Waals surface area contributed by atoms with Gasteiger partial charge in [0.25, 0.3) is 5.91 Å². The molecule has 0 radical (unpaired) electrons. The molecular formula is C28H29F6N3O3. The van der Waals surface area contributed by atoms with E-state index in [0.29, 0.717) is 22.5 Å². The van der Waals surface area contributed by atoms with E-state index in [9.17, 15) is 40.7 Å². The van der Waals surface area contributed by atoms with Crippen molar-refractivity contribution in [2.24, 2.45) is 16.8 Å². The van der Waals surface area contributed by atoms with E-state index in [1.807, 2.05) is 0 Å². The Morgan fingerprint density at radius 3 is 2.02 bits per heavy atom. The van der Waals surface area contributed by atoms with Crippen LogP contribution in [0.2, 0.25) is 0 Å². The van der Waals surface area contributed by atoms with E-state index in [1.54, 1.807) is 54.6 Å². The first-order valence-corrected chi connectivity index (χ1v) is 12.7. The highest BCUT2D eigenvalue weighted by molar-refractivity contribution is 6.20. The number of halogens is 6. The third-order valence-corrected chi connectivity index (χ3v) is 6.73. The first-order chi connectivity index (χ1) is 18.7. The Labute approximate surface area is 227 Å². The van der Waals surface area contributed by atoms with Crippen molar-refractivity contribution >= 4 is 29.0 Å². The second kappa shape index (κ2) is 12.6. The number of nitrogens with zero attached hydrogens (tertiary/aromatic N) is 2. The molecule has 0 bridgehead atoms. The number of nitrogens with one attached hydrogen (secondary N) is 1. The van der Waals surface area contributed by atoms with Gasteiger partial charge < -0.3 is 10.2 Å². The Bertz CT molecular complexity index is 1240. The van der Waals surface area contributed by atoms with Crippen LogP contribution in [0.5, 0.6) is 0 Å². The average molecular weight is 570 g/mol. The molecule has 2 aromatic carbocycles. The maximum absolute atomic E-state index is 13.4. The summed E-state index contributed by atoms with van der Waals surface area (Å²) in [6.45, 7) is 1.36. The van der Waals surface area contributed by atoms with Crippen molar-refractivity contribution in [1.82, 2.24) is 5.32 Å². The van der Waals surface area contributed by atoms with Crippen LogP contribution in [-0.4, -0.2) is 48.9 Å². The number of Topliss-reactive ketones (excluding diaryl/α,β-unsaturated/α-hetero) is 1. The Morgan fingerprint density at radius 1 is 0.900 bits per heavy atom. The van der Waals surface area contributed by atoms with Gasteiger partial charge in [-0.2, -0.15) is 26.3 Å². The maximum Gasteiger partial charge on any atom is 0.389 e. The molecule has 0 aliphatic carbocycles. The molecule has 40 heavy (non-hydrogen) atoms. The molecule has 2 amide bonds. The number of fused-ring (bicyclic) bond motifs is 1. The number of carbonyl (C=O) groups excluding carboxylic acids is 3. The summed E-state index contributed by atoms with van der Waals surface area (Å²) in [6, 6.07) is 15.5. The second-order valence-corrected chi connectivity index (χ2v) is 9.51. The fourth-order valence-corrected chi connectivity index (χ4v) is 4.69. The maximum atomic E-state index is 13.4. The summed E-state index contributed by atoms with van der Waals surface area (Å²) in [6.07, 6.45) is -16.0. The molecule has 3 rings (SSSR count). The van der Waals surface area contributed by atoms with E-state index in [1.165, 1.54) is 18.9 Å². The minimum atomic E-state index is -4.72. The summed E-state index contributed by atoms with van der Waals surface area (Å²) in [5.41, 5.74) is 1.93. The molecule has 1 heterocycles. The topological polar surface area (TPSA) is 78.8 Å². The first kappa shape index (κ1) is 30.8. The molecule has 6 nitrogen and oxygen atoms in total. The Balaban J connectivity index is 2.02. The van der Waals surface area contributed by atoms with E-state index >= 15 is 0 Å². The lowest BCUT2D eigenvalue weighted by molar-refractivity contribution is -0.152. The number of aliphatic imine (C=N–C) groups is 1. The lowest BCUT2D eigenvalue weighted by atomic mass is 9.80. The lowest BCUT2D eigenvalue weighted by Crippen LogP contribution is -2.49. The molecule has 0 spiro atoms. The van der Waals surface area contributed by atoms with Gasteiger partial charge in [0.2, 0.25) is 12.1 Å². The molecular weight excluding hydrogens is 540 g/mol. The van der Waals surface area contributed by atoms with E-state index in [0.717, 1.165) is 0 Å². The van der Waals surface area contributed by atoms with Crippen molar-refractivity contribution in [1.29, 1.82) is 0 Å². The van der Waals surface area contributed by atoms with Gasteiger partial charge in [-0.1, -0.05) is 55.5 Å². The predicted molar refractivity (Wildman–Crippen MR) is 137 cm³/mol. The van der Waals surface area contributed by atoms with Crippen LogP contribution in [0.1, 0.15) is 50.2 Å². The highest BCUT2D eigenvalue weighted by Crippen LogP contribution is 2.34. The van der Waals surface area contributed by atoms with Crippen molar-refractivity contribution in [2.75, 3.05) is 11.9 Å². The highest BCUT2D eigenvalue weighted by atomic mass is 19.4. The minimum Gasteiger partial charge on any atom is -0.326 e. The Morgan fingerprint density at radius 2 is 1.45 bits per heavy atom. The van der Waals surface area contributed by atoms with Crippen LogP contribution in [0, 0.1) is 11.8 Å². The molecule has 0 fully saturated rings. The molecule has 1 aliphatic rings. The monoisotopic (exact) mass is 569 g/mol. The smallest absolute Gasteiger partial charge is 0.326 e. The molecule has 216 valence electrons. The molecule has 0 saturated heterocycles. The molecule has 3 atom stereocenters. The van der Waals surface area contributed by atoms with Crippen molar-refractivity contribution in [3.63, 3.8) is 0 Å². The van der Waals surface area contributed by atoms with Crippen LogP contribution in [-0.2, 0) is 14.4 Å². The van der Waals surface area contributed by atoms with Gasteiger partial charge in [-0.25, -0.2) is 4.99 Å².